The van der Waals surface area contributed by atoms with Crippen molar-refractivity contribution in [2.24, 2.45) is 0 Å². The van der Waals surface area contributed by atoms with E-state index < -0.39 is 29.9 Å². The van der Waals surface area contributed by atoms with Crippen molar-refractivity contribution >= 4 is 6.29 Å². The highest BCUT2D eigenvalue weighted by Gasteiger charge is 2.65. The minimum Gasteiger partial charge on any atom is -0.379 e. The summed E-state index contributed by atoms with van der Waals surface area (Å²) in [6.45, 7) is 9.71. The first-order valence-electron chi connectivity index (χ1n) is 6.59. The van der Waals surface area contributed by atoms with Crippen LogP contribution in [0.5, 0.6) is 0 Å². The van der Waals surface area contributed by atoms with Gasteiger partial charge in [0.25, 0.3) is 0 Å². The van der Waals surface area contributed by atoms with Crippen molar-refractivity contribution in [2.45, 2.75) is 50.7 Å². The number of carbonyl (C=O) groups is 1. The first-order valence-corrected chi connectivity index (χ1v) is 6.59. The molecule has 0 amide bonds. The molecular weight excluding hydrogens is 264 g/mol. The molecule has 2 aliphatic rings. The van der Waals surface area contributed by atoms with Crippen LogP contribution in [0, 0.1) is 0 Å². The third kappa shape index (κ3) is 2.80. The number of methoxy groups -OCH3 is 1. The molecule has 0 saturated carbocycles. The van der Waals surface area contributed by atoms with E-state index in [-0.39, 0.29) is 6.61 Å². The lowest BCUT2D eigenvalue weighted by Crippen LogP contribution is -2.45. The molecule has 0 spiro atoms. The molecule has 0 radical (unpaired) electrons. The zero-order chi connectivity index (χ0) is 15.0. The van der Waals surface area contributed by atoms with Crippen LogP contribution in [0.2, 0.25) is 0 Å². The Balaban J connectivity index is 2.22. The second-order valence-electron chi connectivity index (χ2n) is 5.74. The third-order valence-corrected chi connectivity index (χ3v) is 3.22. The van der Waals surface area contributed by atoms with Gasteiger partial charge in [0, 0.05) is 7.11 Å². The van der Waals surface area contributed by atoms with Gasteiger partial charge >= 0.3 is 0 Å². The van der Waals surface area contributed by atoms with Gasteiger partial charge in [-0.2, -0.15) is 0 Å². The van der Waals surface area contributed by atoms with Crippen molar-refractivity contribution in [3.8, 4) is 0 Å². The van der Waals surface area contributed by atoms with E-state index >= 15 is 0 Å². The maximum Gasteiger partial charge on any atom is 0.225 e. The van der Waals surface area contributed by atoms with Crippen LogP contribution in [0.3, 0.4) is 0 Å². The van der Waals surface area contributed by atoms with Gasteiger partial charge in [-0.25, -0.2) is 0 Å². The molecule has 2 rings (SSSR count). The molecule has 6 heteroatoms. The summed E-state index contributed by atoms with van der Waals surface area (Å²) in [5.41, 5.74) is 0.858. The fraction of sp³-hybridized carbons (Fsp3) is 0.786. The molecule has 6 nitrogen and oxygen atoms in total. The Morgan fingerprint density at radius 3 is 2.65 bits per heavy atom. The monoisotopic (exact) mass is 286 g/mol. The van der Waals surface area contributed by atoms with Gasteiger partial charge in [0.1, 0.15) is 24.9 Å². The normalized spacial score (nSPS) is 38.7. The minimum absolute atomic E-state index is 0.165. The molecule has 0 aromatic carbocycles. The van der Waals surface area contributed by atoms with E-state index in [9.17, 15) is 4.79 Å². The first-order chi connectivity index (χ1) is 9.33. The molecular formula is C14H22O6. The Bertz CT molecular complexity index is 393. The summed E-state index contributed by atoms with van der Waals surface area (Å²) in [7, 11) is 1.54. The largest absolute Gasteiger partial charge is 0.379 e. The van der Waals surface area contributed by atoms with Crippen LogP contribution in [0.15, 0.2) is 12.2 Å². The van der Waals surface area contributed by atoms with E-state index in [1.807, 2.05) is 6.92 Å². The summed E-state index contributed by atoms with van der Waals surface area (Å²) in [6.07, 6.45) is -1.10. The van der Waals surface area contributed by atoms with Crippen molar-refractivity contribution in [3.05, 3.63) is 12.2 Å². The van der Waals surface area contributed by atoms with E-state index in [4.69, 9.17) is 23.7 Å². The van der Waals surface area contributed by atoms with Gasteiger partial charge in [-0.1, -0.05) is 12.2 Å². The van der Waals surface area contributed by atoms with Crippen LogP contribution in [-0.4, -0.2) is 56.5 Å². The Morgan fingerprint density at radius 1 is 1.40 bits per heavy atom. The average molecular weight is 286 g/mol. The topological polar surface area (TPSA) is 63.2 Å². The van der Waals surface area contributed by atoms with Gasteiger partial charge in [-0.05, 0) is 20.8 Å². The predicted octanol–water partition coefficient (Wildman–Crippen LogP) is 1.04. The molecule has 0 aromatic heterocycles. The average Bonchev–Trinajstić information content (AvgIpc) is 2.73. The summed E-state index contributed by atoms with van der Waals surface area (Å²) in [6, 6.07) is 0. The lowest BCUT2D eigenvalue weighted by Gasteiger charge is -2.26. The molecule has 4 atom stereocenters. The van der Waals surface area contributed by atoms with Crippen molar-refractivity contribution in [3.63, 3.8) is 0 Å². The van der Waals surface area contributed by atoms with E-state index in [0.717, 1.165) is 5.57 Å². The van der Waals surface area contributed by atoms with Crippen LogP contribution in [0.4, 0.5) is 0 Å². The zero-order valence-corrected chi connectivity index (χ0v) is 12.4. The SMILES string of the molecule is C=C(C)CO[C@@H]1[C@@H](C=O)O[C@@]2(COC)OC(C)(C)O[C@@H]12. The summed E-state index contributed by atoms with van der Waals surface area (Å²) in [4.78, 5) is 11.2. The van der Waals surface area contributed by atoms with Gasteiger partial charge in [-0.15, -0.1) is 0 Å². The molecule has 0 N–H and O–H groups in total. The molecule has 0 bridgehead atoms. The highest BCUT2D eigenvalue weighted by Crippen LogP contribution is 2.46. The highest BCUT2D eigenvalue weighted by atomic mass is 16.9. The Labute approximate surface area is 119 Å². The van der Waals surface area contributed by atoms with E-state index in [0.29, 0.717) is 12.9 Å². The zero-order valence-electron chi connectivity index (χ0n) is 12.4. The molecule has 114 valence electrons. The van der Waals surface area contributed by atoms with Crippen molar-refractivity contribution in [1.82, 2.24) is 0 Å². The third-order valence-electron chi connectivity index (χ3n) is 3.22. The number of rotatable bonds is 6. The number of aldehydes is 1. The molecule has 2 aliphatic heterocycles. The van der Waals surface area contributed by atoms with Gasteiger partial charge < -0.3 is 28.5 Å². The first kappa shape index (κ1) is 15.6. The number of carbonyl (C=O) groups excluding carboxylic acids is 1. The summed E-state index contributed by atoms with van der Waals surface area (Å²) < 4.78 is 28.4. The maximum absolute atomic E-state index is 11.2. The summed E-state index contributed by atoms with van der Waals surface area (Å²) >= 11 is 0. The highest BCUT2D eigenvalue weighted by molar-refractivity contribution is 5.58. The number of hydrogen-bond donors (Lipinski definition) is 0. The smallest absolute Gasteiger partial charge is 0.225 e. The summed E-state index contributed by atoms with van der Waals surface area (Å²) in [5, 5.41) is 0. The Kier molecular flexibility index (Phi) is 4.32. The second-order valence-corrected chi connectivity index (χ2v) is 5.74. The number of fused-ring (bicyclic) bond motifs is 1. The van der Waals surface area contributed by atoms with E-state index in [1.165, 1.54) is 0 Å². The quantitative estimate of drug-likeness (QED) is 0.537. The fourth-order valence-electron chi connectivity index (χ4n) is 2.64. The molecule has 2 saturated heterocycles. The van der Waals surface area contributed by atoms with Crippen molar-refractivity contribution in [1.29, 1.82) is 0 Å². The Morgan fingerprint density at radius 2 is 2.10 bits per heavy atom. The number of hydrogen-bond acceptors (Lipinski definition) is 6. The molecule has 2 fully saturated rings. The fourth-order valence-corrected chi connectivity index (χ4v) is 2.64. The van der Waals surface area contributed by atoms with Crippen LogP contribution in [0.1, 0.15) is 20.8 Å². The van der Waals surface area contributed by atoms with E-state index in [2.05, 4.69) is 6.58 Å². The number of ether oxygens (including phenoxy) is 5. The van der Waals surface area contributed by atoms with Crippen LogP contribution in [0.25, 0.3) is 0 Å². The lowest BCUT2D eigenvalue weighted by molar-refractivity contribution is -0.272. The second kappa shape index (κ2) is 5.54. The van der Waals surface area contributed by atoms with Gasteiger partial charge in [0.05, 0.1) is 6.61 Å². The van der Waals surface area contributed by atoms with Gasteiger partial charge in [-0.3, -0.25) is 0 Å². The van der Waals surface area contributed by atoms with Crippen LogP contribution >= 0.6 is 0 Å². The van der Waals surface area contributed by atoms with E-state index in [1.54, 1.807) is 21.0 Å². The lowest BCUT2D eigenvalue weighted by atomic mass is 10.1. The Hall–Kier alpha value is -0.790. The molecule has 2 heterocycles. The van der Waals surface area contributed by atoms with Crippen LogP contribution in [-0.2, 0) is 28.5 Å². The van der Waals surface area contributed by atoms with Crippen LogP contribution < -0.4 is 0 Å². The summed E-state index contributed by atoms with van der Waals surface area (Å²) in [5.74, 6) is -1.93. The standard InChI is InChI=1S/C14H22O6/c1-9(2)7-17-11-10(6-15)18-14(8-16-5)12(11)19-13(3,4)20-14/h6,10-12H,1,7-8H2,2-5H3/t10-,11-,12+,14+/m1/s1. The van der Waals surface area contributed by atoms with Gasteiger partial charge in [0.2, 0.25) is 5.79 Å². The van der Waals surface area contributed by atoms with Gasteiger partial charge in [0.15, 0.2) is 12.1 Å². The molecule has 20 heavy (non-hydrogen) atoms. The maximum atomic E-state index is 11.2. The predicted molar refractivity (Wildman–Crippen MR) is 70.1 cm³/mol. The minimum atomic E-state index is -1.11. The molecule has 0 unspecified atom stereocenters. The van der Waals surface area contributed by atoms with Crippen molar-refractivity contribution < 1.29 is 28.5 Å². The molecule has 0 aromatic rings. The molecule has 0 aliphatic carbocycles. The van der Waals surface area contributed by atoms with Crippen molar-refractivity contribution in [2.75, 3.05) is 20.3 Å².